The van der Waals surface area contributed by atoms with Crippen LogP contribution in [0.15, 0.2) is 42.5 Å². The molecule has 0 spiro atoms. The van der Waals surface area contributed by atoms with Crippen LogP contribution in [0.2, 0.25) is 0 Å². The molecule has 2 N–H and O–H groups in total. The molecule has 1 saturated heterocycles. The van der Waals surface area contributed by atoms with Crippen molar-refractivity contribution in [2.24, 2.45) is 0 Å². The Morgan fingerprint density at radius 1 is 1.19 bits per heavy atom. The van der Waals surface area contributed by atoms with Crippen LogP contribution in [0.25, 0.3) is 0 Å². The molecule has 0 aromatic heterocycles. The van der Waals surface area contributed by atoms with Crippen LogP contribution in [-0.4, -0.2) is 36.7 Å². The molecule has 9 heteroatoms. The van der Waals surface area contributed by atoms with E-state index in [0.29, 0.717) is 24.2 Å². The molecule has 0 radical (unpaired) electrons. The zero-order chi connectivity index (χ0) is 22.8. The number of imide groups is 1. The van der Waals surface area contributed by atoms with E-state index >= 15 is 0 Å². The summed E-state index contributed by atoms with van der Waals surface area (Å²) < 4.78 is 0. The summed E-state index contributed by atoms with van der Waals surface area (Å²) in [5.41, 5.74) is 1.03. The normalized spacial score (nSPS) is 18.3. The lowest BCUT2D eigenvalue weighted by Crippen LogP contribution is -2.51. The Morgan fingerprint density at radius 3 is 2.42 bits per heavy atom. The first-order chi connectivity index (χ1) is 14.7. The molecular formula is C22H24N4O5. The van der Waals surface area contributed by atoms with Gasteiger partial charge in [0.1, 0.15) is 0 Å². The Balaban J connectivity index is 1.86. The van der Waals surface area contributed by atoms with Gasteiger partial charge in [0.15, 0.2) is 0 Å². The zero-order valence-corrected chi connectivity index (χ0v) is 17.6. The molecule has 1 aliphatic rings. The maximum Gasteiger partial charge on any atom is 0.270 e. The van der Waals surface area contributed by atoms with Crippen molar-refractivity contribution >= 4 is 34.8 Å². The predicted molar refractivity (Wildman–Crippen MR) is 116 cm³/mol. The molecule has 1 heterocycles. The average Bonchev–Trinajstić information content (AvgIpc) is 2.74. The highest BCUT2D eigenvalue weighted by atomic mass is 16.6. The van der Waals surface area contributed by atoms with Crippen molar-refractivity contribution in [1.82, 2.24) is 5.32 Å². The quantitative estimate of drug-likeness (QED) is 0.418. The smallest absolute Gasteiger partial charge is 0.270 e. The molecule has 2 aromatic carbocycles. The van der Waals surface area contributed by atoms with Gasteiger partial charge in [-0.3, -0.25) is 29.8 Å². The molecule has 0 bridgehead atoms. The summed E-state index contributed by atoms with van der Waals surface area (Å²) in [7, 11) is 3.49. The third-order valence-corrected chi connectivity index (χ3v) is 5.68. The molecule has 1 atom stereocenters. The van der Waals surface area contributed by atoms with Crippen molar-refractivity contribution < 1.29 is 19.3 Å². The van der Waals surface area contributed by atoms with Gasteiger partial charge in [-0.15, -0.1) is 0 Å². The summed E-state index contributed by atoms with van der Waals surface area (Å²) in [4.78, 5) is 49.2. The van der Waals surface area contributed by atoms with Gasteiger partial charge in [0, 0.05) is 44.0 Å². The first-order valence-electron chi connectivity index (χ1n) is 9.90. The van der Waals surface area contributed by atoms with Crippen LogP contribution in [0, 0.1) is 10.1 Å². The molecule has 1 unspecified atom stereocenters. The molecule has 162 valence electrons. The molecule has 3 rings (SSSR count). The van der Waals surface area contributed by atoms with Gasteiger partial charge in [0.2, 0.25) is 11.8 Å². The molecule has 31 heavy (non-hydrogen) atoms. The fraction of sp³-hybridized carbons (Fsp3) is 0.318. The minimum Gasteiger partial charge on any atom is -0.377 e. The third-order valence-electron chi connectivity index (χ3n) is 5.68. The largest absolute Gasteiger partial charge is 0.377 e. The lowest BCUT2D eigenvalue weighted by atomic mass is 9.72. The highest BCUT2D eigenvalue weighted by Crippen LogP contribution is 2.36. The van der Waals surface area contributed by atoms with E-state index in [4.69, 9.17) is 0 Å². The van der Waals surface area contributed by atoms with Crippen LogP contribution in [-0.2, 0) is 15.0 Å². The van der Waals surface area contributed by atoms with Crippen molar-refractivity contribution in [1.29, 1.82) is 0 Å². The molecular weight excluding hydrogens is 400 g/mol. The number of piperidine rings is 1. The van der Waals surface area contributed by atoms with E-state index in [-0.39, 0.29) is 29.5 Å². The number of hydrogen-bond acceptors (Lipinski definition) is 6. The second-order valence-corrected chi connectivity index (χ2v) is 7.70. The maximum atomic E-state index is 12.8. The highest BCUT2D eigenvalue weighted by molar-refractivity contribution is 6.08. The SMILES string of the molecule is CCC1(c2ccc(NC(=O)c3cc([N+](=O)[O-])ccc3N(C)C)cc2)CCC(=O)NC1=O. The molecule has 1 fully saturated rings. The van der Waals surface area contributed by atoms with Crippen molar-refractivity contribution in [3.63, 3.8) is 0 Å². The lowest BCUT2D eigenvalue weighted by Gasteiger charge is -2.35. The number of anilines is 2. The number of nitro benzene ring substituents is 1. The molecule has 3 amide bonds. The van der Waals surface area contributed by atoms with Crippen LogP contribution in [0.1, 0.15) is 42.1 Å². The van der Waals surface area contributed by atoms with E-state index in [1.165, 1.54) is 18.2 Å². The summed E-state index contributed by atoms with van der Waals surface area (Å²) in [5, 5.41) is 16.3. The van der Waals surface area contributed by atoms with Crippen molar-refractivity contribution in [3.8, 4) is 0 Å². The van der Waals surface area contributed by atoms with E-state index in [0.717, 1.165) is 5.56 Å². The Hall–Kier alpha value is -3.75. The van der Waals surface area contributed by atoms with E-state index in [2.05, 4.69) is 10.6 Å². The number of nitrogens with one attached hydrogen (secondary N) is 2. The number of non-ortho nitro benzene ring substituents is 1. The Labute approximate surface area is 179 Å². The van der Waals surface area contributed by atoms with Gasteiger partial charge in [-0.25, -0.2) is 0 Å². The lowest BCUT2D eigenvalue weighted by molar-refractivity contribution is -0.384. The van der Waals surface area contributed by atoms with Crippen LogP contribution in [0.5, 0.6) is 0 Å². The van der Waals surface area contributed by atoms with Crippen LogP contribution >= 0.6 is 0 Å². The molecule has 0 aliphatic carbocycles. The first-order valence-corrected chi connectivity index (χ1v) is 9.90. The van der Waals surface area contributed by atoms with Crippen molar-refractivity contribution in [2.75, 3.05) is 24.3 Å². The summed E-state index contributed by atoms with van der Waals surface area (Å²) in [6.07, 6.45) is 1.25. The molecule has 1 aliphatic heterocycles. The predicted octanol–water partition coefficient (Wildman–Crippen LogP) is 3.00. The summed E-state index contributed by atoms with van der Waals surface area (Å²) in [5.74, 6) is -1.06. The van der Waals surface area contributed by atoms with E-state index in [9.17, 15) is 24.5 Å². The monoisotopic (exact) mass is 424 g/mol. The van der Waals surface area contributed by atoms with Crippen LogP contribution in [0.3, 0.4) is 0 Å². The highest BCUT2D eigenvalue weighted by Gasteiger charge is 2.42. The number of benzene rings is 2. The number of nitro groups is 1. The third kappa shape index (κ3) is 4.25. The van der Waals surface area contributed by atoms with E-state index in [1.54, 1.807) is 43.3 Å². The molecule has 9 nitrogen and oxygen atoms in total. The Bertz CT molecular complexity index is 1050. The van der Waals surface area contributed by atoms with Crippen molar-refractivity contribution in [3.05, 3.63) is 63.7 Å². The van der Waals surface area contributed by atoms with Gasteiger partial charge in [-0.1, -0.05) is 19.1 Å². The fourth-order valence-electron chi connectivity index (χ4n) is 3.85. The first kappa shape index (κ1) is 21.9. The van der Waals surface area contributed by atoms with Gasteiger partial charge in [0.25, 0.3) is 11.6 Å². The number of hydrogen-bond donors (Lipinski definition) is 2. The Morgan fingerprint density at radius 2 is 1.87 bits per heavy atom. The standard InChI is InChI=1S/C22H24N4O5/c1-4-22(12-11-19(27)24-21(22)29)14-5-7-15(8-6-14)23-20(28)17-13-16(26(30)31)9-10-18(17)25(2)3/h5-10,13H,4,11-12H2,1-3H3,(H,23,28)(H,24,27,29). The van der Waals surface area contributed by atoms with E-state index in [1.807, 2.05) is 6.92 Å². The van der Waals surface area contributed by atoms with E-state index < -0.39 is 16.2 Å². The van der Waals surface area contributed by atoms with Gasteiger partial charge < -0.3 is 10.2 Å². The number of nitrogens with zero attached hydrogens (tertiary/aromatic N) is 2. The Kier molecular flexibility index (Phi) is 6.05. The van der Waals surface area contributed by atoms with Gasteiger partial charge >= 0.3 is 0 Å². The van der Waals surface area contributed by atoms with Gasteiger partial charge in [0.05, 0.1) is 15.9 Å². The second-order valence-electron chi connectivity index (χ2n) is 7.70. The average molecular weight is 424 g/mol. The topological polar surface area (TPSA) is 122 Å². The summed E-state index contributed by atoms with van der Waals surface area (Å²) in [6.45, 7) is 1.90. The van der Waals surface area contributed by atoms with Gasteiger partial charge in [-0.05, 0) is 36.6 Å². The van der Waals surface area contributed by atoms with Crippen LogP contribution < -0.4 is 15.5 Å². The summed E-state index contributed by atoms with van der Waals surface area (Å²) >= 11 is 0. The zero-order valence-electron chi connectivity index (χ0n) is 17.6. The fourth-order valence-corrected chi connectivity index (χ4v) is 3.85. The molecule has 0 saturated carbocycles. The van der Waals surface area contributed by atoms with Crippen molar-refractivity contribution in [2.45, 2.75) is 31.6 Å². The van der Waals surface area contributed by atoms with Gasteiger partial charge in [-0.2, -0.15) is 0 Å². The number of amides is 3. The second kappa shape index (κ2) is 8.55. The number of carbonyl (C=O) groups excluding carboxylic acids is 3. The number of rotatable bonds is 6. The summed E-state index contributed by atoms with van der Waals surface area (Å²) in [6, 6.07) is 11.0. The number of carbonyl (C=O) groups is 3. The maximum absolute atomic E-state index is 12.8. The van der Waals surface area contributed by atoms with Crippen LogP contribution in [0.4, 0.5) is 17.1 Å². The minimum absolute atomic E-state index is 0.172. The molecule has 2 aromatic rings. The minimum atomic E-state index is -0.783.